The molecule has 1 atom stereocenters. The molecule has 2 aliphatic rings. The van der Waals surface area contributed by atoms with E-state index in [0.29, 0.717) is 5.69 Å². The first-order chi connectivity index (χ1) is 12.7. The predicted octanol–water partition coefficient (Wildman–Crippen LogP) is 2.21. The highest BCUT2D eigenvalue weighted by molar-refractivity contribution is 6.06. The van der Waals surface area contributed by atoms with Crippen molar-refractivity contribution in [2.45, 2.75) is 26.3 Å². The van der Waals surface area contributed by atoms with E-state index in [-0.39, 0.29) is 11.9 Å². The van der Waals surface area contributed by atoms with Crippen molar-refractivity contribution in [1.82, 2.24) is 15.1 Å². The lowest BCUT2D eigenvalue weighted by Gasteiger charge is -2.34. The van der Waals surface area contributed by atoms with Crippen molar-refractivity contribution >= 4 is 17.4 Å². The summed E-state index contributed by atoms with van der Waals surface area (Å²) < 4.78 is 0. The Morgan fingerprint density at radius 1 is 1.08 bits per heavy atom. The van der Waals surface area contributed by atoms with Crippen LogP contribution in [0.2, 0.25) is 0 Å². The summed E-state index contributed by atoms with van der Waals surface area (Å²) in [5, 5.41) is 8.59. The standard InChI is InChI=1S/C20H25N5O/c1-3-23-10-12-24(13-11-23)19-9-8-17(21-22-19)20(26)25-15(2)14-16-6-4-5-7-18(16)25/h4-9,15H,3,10-14H2,1-2H3. The van der Waals surface area contributed by atoms with Gasteiger partial charge in [-0.05, 0) is 43.7 Å². The van der Waals surface area contributed by atoms with Crippen molar-refractivity contribution in [3.63, 3.8) is 0 Å². The second-order valence-corrected chi connectivity index (χ2v) is 7.06. The number of benzene rings is 1. The molecular weight excluding hydrogens is 326 g/mol. The highest BCUT2D eigenvalue weighted by Crippen LogP contribution is 2.32. The number of anilines is 2. The Morgan fingerprint density at radius 2 is 1.85 bits per heavy atom. The lowest BCUT2D eigenvalue weighted by atomic mass is 10.1. The van der Waals surface area contributed by atoms with E-state index in [1.165, 1.54) is 5.56 Å². The molecule has 1 amide bonds. The number of carbonyl (C=O) groups is 1. The maximum atomic E-state index is 13.0. The fourth-order valence-electron chi connectivity index (χ4n) is 3.90. The van der Waals surface area contributed by atoms with Crippen LogP contribution in [0.4, 0.5) is 11.5 Å². The second kappa shape index (κ2) is 7.03. The molecule has 6 nitrogen and oxygen atoms in total. The molecule has 0 bridgehead atoms. The van der Waals surface area contributed by atoms with Gasteiger partial charge in [-0.1, -0.05) is 25.1 Å². The van der Waals surface area contributed by atoms with Crippen molar-refractivity contribution in [2.24, 2.45) is 0 Å². The second-order valence-electron chi connectivity index (χ2n) is 7.06. The minimum atomic E-state index is -0.0719. The third kappa shape index (κ3) is 3.05. The smallest absolute Gasteiger partial charge is 0.279 e. The zero-order valence-electron chi connectivity index (χ0n) is 15.4. The number of fused-ring (bicyclic) bond motifs is 1. The molecule has 3 heterocycles. The molecule has 26 heavy (non-hydrogen) atoms. The maximum Gasteiger partial charge on any atom is 0.279 e. The zero-order valence-corrected chi connectivity index (χ0v) is 15.4. The normalized spacial score (nSPS) is 20.3. The average molecular weight is 351 g/mol. The number of amides is 1. The molecule has 4 rings (SSSR count). The summed E-state index contributed by atoms with van der Waals surface area (Å²) in [7, 11) is 0. The van der Waals surface area contributed by atoms with Gasteiger partial charge < -0.3 is 14.7 Å². The summed E-state index contributed by atoms with van der Waals surface area (Å²) in [6.45, 7) is 9.34. The van der Waals surface area contributed by atoms with Crippen molar-refractivity contribution in [2.75, 3.05) is 42.5 Å². The van der Waals surface area contributed by atoms with Crippen LogP contribution in [-0.2, 0) is 6.42 Å². The largest absolute Gasteiger partial charge is 0.353 e. The molecule has 1 fully saturated rings. The molecular formula is C20H25N5O. The van der Waals surface area contributed by atoms with Crippen LogP contribution in [0.1, 0.15) is 29.9 Å². The van der Waals surface area contributed by atoms with Crippen molar-refractivity contribution < 1.29 is 4.79 Å². The molecule has 0 N–H and O–H groups in total. The molecule has 0 radical (unpaired) electrons. The Bertz CT molecular complexity index is 783. The Kier molecular flexibility index (Phi) is 4.59. The molecule has 136 valence electrons. The summed E-state index contributed by atoms with van der Waals surface area (Å²) in [5.74, 6) is 0.782. The molecule has 0 spiro atoms. The highest BCUT2D eigenvalue weighted by atomic mass is 16.2. The third-order valence-corrected chi connectivity index (χ3v) is 5.44. The van der Waals surface area contributed by atoms with Gasteiger partial charge in [-0.15, -0.1) is 10.2 Å². The van der Waals surface area contributed by atoms with Gasteiger partial charge in [0.1, 0.15) is 0 Å². The van der Waals surface area contributed by atoms with Crippen LogP contribution in [0.25, 0.3) is 0 Å². The van der Waals surface area contributed by atoms with Crippen LogP contribution in [-0.4, -0.2) is 59.8 Å². The zero-order chi connectivity index (χ0) is 18.1. The number of hydrogen-bond donors (Lipinski definition) is 0. The predicted molar refractivity (Wildman–Crippen MR) is 103 cm³/mol. The monoisotopic (exact) mass is 351 g/mol. The van der Waals surface area contributed by atoms with Gasteiger partial charge >= 0.3 is 0 Å². The Labute approximate surface area is 154 Å². The number of hydrogen-bond acceptors (Lipinski definition) is 5. The van der Waals surface area contributed by atoms with E-state index in [1.54, 1.807) is 0 Å². The van der Waals surface area contributed by atoms with Crippen LogP contribution in [0.5, 0.6) is 0 Å². The van der Waals surface area contributed by atoms with Gasteiger partial charge in [0.05, 0.1) is 0 Å². The molecule has 0 aliphatic carbocycles. The third-order valence-electron chi connectivity index (χ3n) is 5.44. The quantitative estimate of drug-likeness (QED) is 0.849. The number of aromatic nitrogens is 2. The topological polar surface area (TPSA) is 52.6 Å². The summed E-state index contributed by atoms with van der Waals surface area (Å²) in [4.78, 5) is 19.5. The van der Waals surface area contributed by atoms with Gasteiger partial charge in [-0.25, -0.2) is 0 Å². The summed E-state index contributed by atoms with van der Waals surface area (Å²) in [6.07, 6.45) is 0.884. The van der Waals surface area contributed by atoms with Gasteiger partial charge in [0, 0.05) is 37.9 Å². The fourth-order valence-corrected chi connectivity index (χ4v) is 3.90. The lowest BCUT2D eigenvalue weighted by molar-refractivity contribution is 0.0975. The molecule has 1 aromatic heterocycles. The minimum Gasteiger partial charge on any atom is -0.353 e. The first-order valence-electron chi connectivity index (χ1n) is 9.40. The average Bonchev–Trinajstić information content (AvgIpc) is 3.03. The maximum absolute atomic E-state index is 13.0. The van der Waals surface area contributed by atoms with E-state index in [1.807, 2.05) is 35.2 Å². The number of rotatable bonds is 3. The highest BCUT2D eigenvalue weighted by Gasteiger charge is 2.32. The number of likely N-dealkylation sites (N-methyl/N-ethyl adjacent to an activating group) is 1. The van der Waals surface area contributed by atoms with E-state index >= 15 is 0 Å². The number of para-hydroxylation sites is 1. The molecule has 2 aromatic rings. The van der Waals surface area contributed by atoms with Crippen LogP contribution < -0.4 is 9.80 Å². The number of piperazine rings is 1. The van der Waals surface area contributed by atoms with Crippen LogP contribution >= 0.6 is 0 Å². The van der Waals surface area contributed by atoms with Crippen molar-refractivity contribution in [1.29, 1.82) is 0 Å². The number of carbonyl (C=O) groups excluding carboxylic acids is 1. The molecule has 1 aromatic carbocycles. The number of nitrogens with zero attached hydrogens (tertiary/aromatic N) is 5. The molecule has 2 aliphatic heterocycles. The fraction of sp³-hybridized carbons (Fsp3) is 0.450. The van der Waals surface area contributed by atoms with E-state index in [0.717, 1.165) is 50.6 Å². The molecule has 1 saturated heterocycles. The first-order valence-corrected chi connectivity index (χ1v) is 9.40. The van der Waals surface area contributed by atoms with Crippen LogP contribution in [0.3, 0.4) is 0 Å². The summed E-state index contributed by atoms with van der Waals surface area (Å²) in [5.41, 5.74) is 2.61. The van der Waals surface area contributed by atoms with Crippen LogP contribution in [0, 0.1) is 0 Å². The van der Waals surface area contributed by atoms with Gasteiger partial charge in [-0.3, -0.25) is 4.79 Å². The van der Waals surface area contributed by atoms with Crippen LogP contribution in [0.15, 0.2) is 36.4 Å². The Morgan fingerprint density at radius 3 is 2.54 bits per heavy atom. The SMILES string of the molecule is CCN1CCN(c2ccc(C(=O)N3c4ccccc4CC3C)nn2)CC1. The van der Waals surface area contributed by atoms with Gasteiger partial charge in [0.2, 0.25) is 0 Å². The molecule has 6 heteroatoms. The van der Waals surface area contributed by atoms with Crippen molar-refractivity contribution in [3.05, 3.63) is 47.7 Å². The Balaban J connectivity index is 1.50. The van der Waals surface area contributed by atoms with Gasteiger partial charge in [-0.2, -0.15) is 0 Å². The summed E-state index contributed by atoms with van der Waals surface area (Å²) >= 11 is 0. The molecule has 0 saturated carbocycles. The first kappa shape index (κ1) is 17.0. The van der Waals surface area contributed by atoms with E-state index in [2.05, 4.69) is 39.9 Å². The Hall–Kier alpha value is -2.47. The lowest BCUT2D eigenvalue weighted by Crippen LogP contribution is -2.46. The van der Waals surface area contributed by atoms with Gasteiger partial charge in [0.15, 0.2) is 11.5 Å². The minimum absolute atomic E-state index is 0.0719. The van der Waals surface area contributed by atoms with E-state index in [9.17, 15) is 4.79 Å². The van der Waals surface area contributed by atoms with E-state index in [4.69, 9.17) is 0 Å². The molecule has 1 unspecified atom stereocenters. The summed E-state index contributed by atoms with van der Waals surface area (Å²) in [6, 6.07) is 12.0. The van der Waals surface area contributed by atoms with Gasteiger partial charge in [0.25, 0.3) is 5.91 Å². The van der Waals surface area contributed by atoms with Crippen molar-refractivity contribution in [3.8, 4) is 0 Å². The van der Waals surface area contributed by atoms with E-state index < -0.39 is 0 Å².